The summed E-state index contributed by atoms with van der Waals surface area (Å²) in [7, 11) is 4.01. The second-order valence-corrected chi connectivity index (χ2v) is 6.15. The SMILES string of the molecule is CN(C)CCN1CCN(C(=O)C2CCOCC2)CCC1=O. The van der Waals surface area contributed by atoms with Crippen LogP contribution in [0.4, 0.5) is 0 Å². The van der Waals surface area contributed by atoms with Gasteiger partial charge in [-0.15, -0.1) is 0 Å². The molecule has 0 aromatic rings. The molecule has 0 aliphatic carbocycles. The molecule has 0 unspecified atom stereocenters. The fourth-order valence-electron chi connectivity index (χ4n) is 2.85. The lowest BCUT2D eigenvalue weighted by atomic mass is 9.98. The molecule has 2 fully saturated rings. The van der Waals surface area contributed by atoms with Crippen molar-refractivity contribution in [2.24, 2.45) is 5.92 Å². The molecule has 2 heterocycles. The first-order chi connectivity index (χ1) is 10.1. The molecule has 6 nitrogen and oxygen atoms in total. The van der Waals surface area contributed by atoms with Gasteiger partial charge in [0.05, 0.1) is 0 Å². The second-order valence-electron chi connectivity index (χ2n) is 6.15. The van der Waals surface area contributed by atoms with Gasteiger partial charge in [0.2, 0.25) is 11.8 Å². The minimum Gasteiger partial charge on any atom is -0.381 e. The van der Waals surface area contributed by atoms with E-state index in [1.165, 1.54) is 0 Å². The molecule has 120 valence electrons. The Bertz CT molecular complexity index is 367. The van der Waals surface area contributed by atoms with Crippen LogP contribution in [0.1, 0.15) is 19.3 Å². The second kappa shape index (κ2) is 7.75. The summed E-state index contributed by atoms with van der Waals surface area (Å²) in [4.78, 5) is 30.5. The number of carbonyl (C=O) groups is 2. The van der Waals surface area contributed by atoms with Gasteiger partial charge < -0.3 is 19.4 Å². The van der Waals surface area contributed by atoms with Crippen LogP contribution >= 0.6 is 0 Å². The Morgan fingerprint density at radius 3 is 2.62 bits per heavy atom. The largest absolute Gasteiger partial charge is 0.381 e. The molecular weight excluding hydrogens is 270 g/mol. The summed E-state index contributed by atoms with van der Waals surface area (Å²) in [5.74, 6) is 0.460. The van der Waals surface area contributed by atoms with Crippen molar-refractivity contribution in [1.29, 1.82) is 0 Å². The van der Waals surface area contributed by atoms with Crippen LogP contribution in [0, 0.1) is 5.92 Å². The van der Waals surface area contributed by atoms with Crippen LogP contribution in [0.15, 0.2) is 0 Å². The van der Waals surface area contributed by atoms with Gasteiger partial charge in [-0.05, 0) is 26.9 Å². The molecule has 0 N–H and O–H groups in total. The van der Waals surface area contributed by atoms with Gasteiger partial charge in [-0.3, -0.25) is 9.59 Å². The highest BCUT2D eigenvalue weighted by molar-refractivity contribution is 5.81. The summed E-state index contributed by atoms with van der Waals surface area (Å²) < 4.78 is 5.31. The van der Waals surface area contributed by atoms with Crippen LogP contribution in [0.5, 0.6) is 0 Å². The Morgan fingerprint density at radius 2 is 1.95 bits per heavy atom. The van der Waals surface area contributed by atoms with Gasteiger partial charge in [0.1, 0.15) is 0 Å². The number of amides is 2. The van der Waals surface area contributed by atoms with Crippen LogP contribution in [0.2, 0.25) is 0 Å². The van der Waals surface area contributed by atoms with E-state index >= 15 is 0 Å². The zero-order chi connectivity index (χ0) is 15.2. The van der Waals surface area contributed by atoms with E-state index in [2.05, 4.69) is 4.90 Å². The molecule has 6 heteroatoms. The molecule has 0 saturated carbocycles. The summed E-state index contributed by atoms with van der Waals surface area (Å²) in [6.45, 7) is 4.84. The lowest BCUT2D eigenvalue weighted by Gasteiger charge is -2.28. The van der Waals surface area contributed by atoms with Crippen LogP contribution in [0.25, 0.3) is 0 Å². The minimum absolute atomic E-state index is 0.0853. The minimum atomic E-state index is 0.0853. The topological polar surface area (TPSA) is 53.1 Å². The average molecular weight is 297 g/mol. The number of likely N-dealkylation sites (N-methyl/N-ethyl adjacent to an activating group) is 1. The Balaban J connectivity index is 1.86. The molecule has 0 bridgehead atoms. The van der Waals surface area contributed by atoms with E-state index in [0.29, 0.717) is 39.3 Å². The summed E-state index contributed by atoms with van der Waals surface area (Å²) in [6.07, 6.45) is 2.07. The van der Waals surface area contributed by atoms with Crippen LogP contribution in [-0.4, -0.2) is 86.5 Å². The molecule has 0 aromatic heterocycles. The fourth-order valence-corrected chi connectivity index (χ4v) is 2.85. The molecule has 2 amide bonds. The maximum Gasteiger partial charge on any atom is 0.225 e. The van der Waals surface area contributed by atoms with Crippen molar-refractivity contribution in [1.82, 2.24) is 14.7 Å². The summed E-state index contributed by atoms with van der Waals surface area (Å²) in [5.41, 5.74) is 0. The first kappa shape index (κ1) is 16.2. The molecule has 0 aromatic carbocycles. The number of hydrogen-bond donors (Lipinski definition) is 0. The van der Waals surface area contributed by atoms with Gasteiger partial charge in [0.15, 0.2) is 0 Å². The van der Waals surface area contributed by atoms with Crippen LogP contribution in [-0.2, 0) is 14.3 Å². The monoisotopic (exact) mass is 297 g/mol. The van der Waals surface area contributed by atoms with Gasteiger partial charge in [-0.25, -0.2) is 0 Å². The van der Waals surface area contributed by atoms with E-state index in [1.54, 1.807) is 0 Å². The Labute approximate surface area is 127 Å². The Hall–Kier alpha value is -1.14. The van der Waals surface area contributed by atoms with Crippen LogP contribution < -0.4 is 0 Å². The van der Waals surface area contributed by atoms with Crippen molar-refractivity contribution >= 4 is 11.8 Å². The van der Waals surface area contributed by atoms with E-state index in [9.17, 15) is 9.59 Å². The predicted molar refractivity (Wildman–Crippen MR) is 79.9 cm³/mol. The summed E-state index contributed by atoms with van der Waals surface area (Å²) >= 11 is 0. The van der Waals surface area contributed by atoms with Crippen molar-refractivity contribution in [2.45, 2.75) is 19.3 Å². The highest BCUT2D eigenvalue weighted by atomic mass is 16.5. The van der Waals surface area contributed by atoms with Gasteiger partial charge in [-0.2, -0.15) is 0 Å². The number of hydrogen-bond acceptors (Lipinski definition) is 4. The Morgan fingerprint density at radius 1 is 1.24 bits per heavy atom. The number of ether oxygens (including phenoxy) is 1. The van der Waals surface area contributed by atoms with E-state index in [1.807, 2.05) is 23.9 Å². The molecular formula is C15H27N3O3. The quantitative estimate of drug-likeness (QED) is 0.735. The van der Waals surface area contributed by atoms with Gasteiger partial charge in [-0.1, -0.05) is 0 Å². The van der Waals surface area contributed by atoms with E-state index in [0.717, 1.165) is 25.9 Å². The average Bonchev–Trinajstić information content (AvgIpc) is 2.67. The molecule has 2 aliphatic heterocycles. The highest BCUT2D eigenvalue weighted by Gasteiger charge is 2.29. The number of nitrogens with zero attached hydrogens (tertiary/aromatic N) is 3. The number of rotatable bonds is 4. The third-order valence-corrected chi connectivity index (χ3v) is 4.29. The van der Waals surface area contributed by atoms with Gasteiger partial charge in [0.25, 0.3) is 0 Å². The first-order valence-corrected chi connectivity index (χ1v) is 7.87. The van der Waals surface area contributed by atoms with E-state index < -0.39 is 0 Å². The fraction of sp³-hybridized carbons (Fsp3) is 0.867. The molecule has 2 aliphatic rings. The van der Waals surface area contributed by atoms with Crippen molar-refractivity contribution in [3.8, 4) is 0 Å². The van der Waals surface area contributed by atoms with Gasteiger partial charge in [0, 0.05) is 58.3 Å². The maximum atomic E-state index is 12.5. The molecule has 0 spiro atoms. The molecule has 2 saturated heterocycles. The molecule has 0 atom stereocenters. The Kier molecular flexibility index (Phi) is 5.99. The smallest absolute Gasteiger partial charge is 0.225 e. The zero-order valence-electron chi connectivity index (χ0n) is 13.2. The van der Waals surface area contributed by atoms with Crippen molar-refractivity contribution in [2.75, 3.05) is 60.0 Å². The van der Waals surface area contributed by atoms with Crippen molar-refractivity contribution < 1.29 is 14.3 Å². The maximum absolute atomic E-state index is 12.5. The van der Waals surface area contributed by atoms with E-state index in [4.69, 9.17) is 4.74 Å². The van der Waals surface area contributed by atoms with Gasteiger partial charge >= 0.3 is 0 Å². The number of carbonyl (C=O) groups excluding carboxylic acids is 2. The van der Waals surface area contributed by atoms with Crippen LogP contribution in [0.3, 0.4) is 0 Å². The first-order valence-electron chi connectivity index (χ1n) is 7.87. The third-order valence-electron chi connectivity index (χ3n) is 4.29. The lowest BCUT2D eigenvalue weighted by Crippen LogP contribution is -2.41. The molecule has 2 rings (SSSR count). The third kappa shape index (κ3) is 4.68. The van der Waals surface area contributed by atoms with Crippen molar-refractivity contribution in [3.63, 3.8) is 0 Å². The normalized spacial score (nSPS) is 21.8. The molecule has 0 radical (unpaired) electrons. The predicted octanol–water partition coefficient (Wildman–Crippen LogP) is 0.0355. The summed E-state index contributed by atoms with van der Waals surface area (Å²) in [6, 6.07) is 0. The van der Waals surface area contributed by atoms with E-state index in [-0.39, 0.29) is 17.7 Å². The lowest BCUT2D eigenvalue weighted by molar-refractivity contribution is -0.138. The highest BCUT2D eigenvalue weighted by Crippen LogP contribution is 2.18. The van der Waals surface area contributed by atoms with Crippen molar-refractivity contribution in [3.05, 3.63) is 0 Å². The standard InChI is InChI=1S/C15H27N3O3/c1-16(2)7-8-17-9-10-18(6-3-14(17)19)15(20)13-4-11-21-12-5-13/h13H,3-12H2,1-2H3. The molecule has 21 heavy (non-hydrogen) atoms. The zero-order valence-corrected chi connectivity index (χ0v) is 13.2. The summed E-state index contributed by atoms with van der Waals surface area (Å²) in [5, 5.41) is 0.